The van der Waals surface area contributed by atoms with E-state index < -0.39 is 50.3 Å². The molecule has 1 aliphatic rings. The molecule has 0 aromatic rings. The average Bonchev–Trinajstić information content (AvgIpc) is 1.74. The number of ketones is 1. The van der Waals surface area contributed by atoms with Gasteiger partial charge in [-0.25, -0.2) is 9.36 Å². The van der Waals surface area contributed by atoms with Gasteiger partial charge >= 0.3 is 25.7 Å². The number of imide groups is 1. The smallest absolute Gasteiger partial charge is 0.462 e. The normalized spacial score (nSPS) is 12.4. The molecule has 22 nitrogen and oxygen atoms in total. The van der Waals surface area contributed by atoms with E-state index in [1.807, 2.05) is 13.8 Å². The number of terminal acetylenes is 1. The zero-order valence-electron chi connectivity index (χ0n) is 62.5. The molecule has 0 saturated carbocycles. The van der Waals surface area contributed by atoms with Gasteiger partial charge in [0.1, 0.15) is 12.4 Å². The van der Waals surface area contributed by atoms with Crippen LogP contribution in [0.1, 0.15) is 299 Å². The van der Waals surface area contributed by atoms with Gasteiger partial charge in [-0.05, 0) is 25.7 Å². The van der Waals surface area contributed by atoms with Crippen LogP contribution in [-0.4, -0.2) is 172 Å². The molecular weight excluding hydrogens is 1380 g/mol. The summed E-state index contributed by atoms with van der Waals surface area (Å²) in [5, 5.41) is 6.21. The fourth-order valence-electron chi connectivity index (χ4n) is 9.99. The molecule has 1 unspecified atom stereocenters. The summed E-state index contributed by atoms with van der Waals surface area (Å²) in [5.41, 5.74) is 0. The zero-order valence-corrected chi connectivity index (χ0v) is 66.5. The molecule has 0 aromatic heterocycles. The molecule has 1 heterocycles. The molecule has 100 heavy (non-hydrogen) atoms. The van der Waals surface area contributed by atoms with E-state index in [0.29, 0.717) is 119 Å². The Balaban J connectivity index is -0.00000222. The second-order valence-electron chi connectivity index (χ2n) is 24.3. The highest BCUT2D eigenvalue weighted by Crippen LogP contribution is 2.43. The minimum Gasteiger partial charge on any atom is -0.462 e. The zero-order chi connectivity index (χ0) is 75.1. The van der Waals surface area contributed by atoms with Crippen molar-refractivity contribution in [3.8, 4) is 12.3 Å². The van der Waals surface area contributed by atoms with Crippen molar-refractivity contribution in [2.45, 2.75) is 305 Å². The third-order valence-electron chi connectivity index (χ3n) is 15.7. The van der Waals surface area contributed by atoms with Crippen molar-refractivity contribution >= 4 is 114 Å². The van der Waals surface area contributed by atoms with Gasteiger partial charge in [0.15, 0.2) is 6.10 Å². The number of Topliss-reactive ketones (excluding diaryl/α,β-unsaturated/α-hetero) is 1. The van der Waals surface area contributed by atoms with Crippen LogP contribution in [0.4, 0.5) is 0 Å². The number of hydrogen-bond donors (Lipinski definition) is 3. The van der Waals surface area contributed by atoms with E-state index in [-0.39, 0.29) is 92.9 Å². The van der Waals surface area contributed by atoms with Crippen LogP contribution in [0.15, 0.2) is 0 Å². The number of unbranched alkanes of at least 4 members (excludes halogenated alkanes) is 25. The molecule has 0 bridgehead atoms. The van der Waals surface area contributed by atoms with E-state index in [0.717, 1.165) is 38.5 Å². The Morgan fingerprint density at radius 3 is 1.42 bits per heavy atom. The largest absolute Gasteiger partial charge is 0.472 e. The van der Waals surface area contributed by atoms with Gasteiger partial charge < -0.3 is 39.6 Å². The molecule has 0 spiro atoms. The number of carbonyl (C=O) groups excluding carboxylic acids is 10. The summed E-state index contributed by atoms with van der Waals surface area (Å²) in [5.74, 6) is 1.98. The molecule has 6 amide bonds. The number of rotatable bonds is 63. The molecule has 1 saturated heterocycles. The summed E-state index contributed by atoms with van der Waals surface area (Å²) < 4.78 is 34.1. The fraction of sp³-hybridized carbons (Fsp3) is 0.836. The number of phosphoric acid groups is 1. The van der Waals surface area contributed by atoms with Gasteiger partial charge in [-0.15, -0.1) is 40.6 Å². The highest BCUT2D eigenvalue weighted by atomic mass is 35.5. The van der Waals surface area contributed by atoms with Crippen molar-refractivity contribution in [3.63, 3.8) is 0 Å². The number of thioether (sulfide) groups is 2. The Kier molecular flexibility index (Phi) is 73.5. The Labute approximate surface area is 621 Å². The van der Waals surface area contributed by atoms with Crippen LogP contribution in [0.3, 0.4) is 0 Å². The molecule has 27 heteroatoms. The molecule has 0 aromatic carbocycles. The third kappa shape index (κ3) is 66.0. The van der Waals surface area contributed by atoms with Crippen molar-refractivity contribution in [1.82, 2.24) is 25.5 Å². The summed E-state index contributed by atoms with van der Waals surface area (Å²) in [4.78, 5) is 138. The third-order valence-corrected chi connectivity index (χ3v) is 18.6. The van der Waals surface area contributed by atoms with Crippen molar-refractivity contribution in [3.05, 3.63) is 0 Å². The van der Waals surface area contributed by atoms with Crippen LogP contribution in [0.5, 0.6) is 0 Å². The lowest BCUT2D eigenvalue weighted by molar-refractivity contribution is -0.197. The van der Waals surface area contributed by atoms with Crippen molar-refractivity contribution < 1.29 is 80.8 Å². The molecule has 2 atom stereocenters. The van der Waals surface area contributed by atoms with Crippen molar-refractivity contribution in [2.75, 3.05) is 87.4 Å². The van der Waals surface area contributed by atoms with E-state index in [4.69, 9.17) is 53.0 Å². The first kappa shape index (κ1) is 100. The van der Waals surface area contributed by atoms with E-state index in [2.05, 4.69) is 30.4 Å². The molecule has 0 aliphatic carbocycles. The van der Waals surface area contributed by atoms with Crippen LogP contribution >= 0.6 is 54.5 Å². The van der Waals surface area contributed by atoms with Crippen LogP contribution in [-0.2, 0) is 75.9 Å². The van der Waals surface area contributed by atoms with E-state index in [1.165, 1.54) is 134 Å². The van der Waals surface area contributed by atoms with Gasteiger partial charge in [-0.1, -0.05) is 196 Å². The molecular formula is C73H132Cl2N5O17PS2. The highest BCUT2D eigenvalue weighted by molar-refractivity contribution is 7.99. The lowest BCUT2D eigenvalue weighted by atomic mass is 10.0. The topological polar surface area (TPSA) is 288 Å². The van der Waals surface area contributed by atoms with Gasteiger partial charge in [-0.2, -0.15) is 23.5 Å². The number of nitrogens with one attached hydrogen (secondary N) is 2. The number of esters is 2. The van der Waals surface area contributed by atoms with Crippen molar-refractivity contribution in [2.24, 2.45) is 0 Å². The van der Waals surface area contributed by atoms with Crippen molar-refractivity contribution in [1.29, 1.82) is 0 Å². The number of amides is 6. The second-order valence-corrected chi connectivity index (χ2v) is 29.0. The number of hydrogen-bond acceptors (Lipinski definition) is 18. The molecule has 582 valence electrons. The monoisotopic (exact) mass is 1520 g/mol. The number of carbonyl (C=O) groups is 10. The number of phosphoric ester groups is 1. The second kappa shape index (κ2) is 73.4. The minimum absolute atomic E-state index is 0.00720. The SMILES string of the molecule is C#CCCCC(=O)NCCN(CCSCCC(=O)ON1C(=O)CCC1=O)C(=O)CC.CC.CCCCCCCCCCCCCCCC(=O)OC[C@H](COP(=O)(O)OCCCC(=O)CCSCCN(CCNC(C)=O)C(=O)CC)OC(=O)CCCCCCCCCCCCCCC.ClCCl. The molecule has 1 rings (SSSR count). The Morgan fingerprint density at radius 2 is 0.980 bits per heavy atom. The number of halogens is 2. The summed E-state index contributed by atoms with van der Waals surface area (Å²) in [6.45, 7) is 15.1. The number of alkyl halides is 2. The quantitative estimate of drug-likeness (QED) is 0.0127. The number of ether oxygens (including phenoxy) is 2. The van der Waals surface area contributed by atoms with Gasteiger partial charge in [0.2, 0.25) is 23.6 Å². The average molecular weight is 1520 g/mol. The lowest BCUT2D eigenvalue weighted by Crippen LogP contribution is -2.39. The lowest BCUT2D eigenvalue weighted by Gasteiger charge is -2.22. The number of hydroxylamine groups is 2. The summed E-state index contributed by atoms with van der Waals surface area (Å²) >= 11 is 12.5. The Morgan fingerprint density at radius 1 is 0.550 bits per heavy atom. The predicted octanol–water partition coefficient (Wildman–Crippen LogP) is 15.7. The van der Waals surface area contributed by atoms with E-state index >= 15 is 0 Å². The minimum atomic E-state index is -4.56. The van der Waals surface area contributed by atoms with Crippen LogP contribution in [0, 0.1) is 12.3 Å². The van der Waals surface area contributed by atoms with E-state index in [1.54, 1.807) is 35.4 Å². The van der Waals surface area contributed by atoms with Gasteiger partial charge in [0, 0.05) is 133 Å². The van der Waals surface area contributed by atoms with Crippen LogP contribution < -0.4 is 10.6 Å². The van der Waals surface area contributed by atoms with E-state index in [9.17, 15) is 57.4 Å². The molecule has 0 radical (unpaired) electrons. The maximum absolute atomic E-state index is 12.8. The summed E-state index contributed by atoms with van der Waals surface area (Å²) in [7, 11) is -4.56. The first-order chi connectivity index (χ1) is 48.2. The predicted molar refractivity (Wildman–Crippen MR) is 405 cm³/mol. The van der Waals surface area contributed by atoms with Crippen LogP contribution in [0.25, 0.3) is 0 Å². The standard InChI is InChI=1S/C50H95N2O11PS.C20H29N3O6S.C2H6.CH2Cl2/c1-5-8-10-12-14-16-18-20-22-24-26-28-30-34-49(56)60-43-47(63-50(57)35-31-29-27-25-23-21-19-17-15-13-11-9-6-2)44-62-64(58,59)61-40-32-33-46(54)36-41-65-42-39-52(48(55)7-3)38-37-51-45(4)53;1-3-5-6-7-16(24)21-11-12-22(17(25)4-2)13-15-30-14-10-20(28)29-23-18(26)8-9-19(23)27;1-2;2-1-3/h47H,5-44H2,1-4H3,(H,51,53)(H,58,59);1H,4-15H2,2H3,(H,21,24);1-2H3;1H2/t47-;;;/m1.../s1. The molecule has 3 N–H and O–H groups in total. The van der Waals surface area contributed by atoms with Crippen LogP contribution in [0.2, 0.25) is 0 Å². The first-order valence-electron chi connectivity index (χ1n) is 37.6. The van der Waals surface area contributed by atoms with Gasteiger partial charge in [-0.3, -0.25) is 52.2 Å². The molecule has 1 aliphatic heterocycles. The fourth-order valence-corrected chi connectivity index (χ4v) is 12.6. The first-order valence-corrected chi connectivity index (χ1v) is 42.4. The van der Waals surface area contributed by atoms with Gasteiger partial charge in [0.05, 0.1) is 25.0 Å². The molecule has 1 fully saturated rings. The maximum atomic E-state index is 12.8. The Bertz CT molecular complexity index is 2220. The number of nitrogens with zero attached hydrogens (tertiary/aromatic N) is 3. The maximum Gasteiger partial charge on any atom is 0.472 e. The summed E-state index contributed by atoms with van der Waals surface area (Å²) in [6.07, 6.45) is 38.8. The Hall–Kier alpha value is -3.95. The highest BCUT2D eigenvalue weighted by Gasteiger charge is 2.33. The summed E-state index contributed by atoms with van der Waals surface area (Å²) in [6, 6.07) is 0. The van der Waals surface area contributed by atoms with Gasteiger partial charge in [0.25, 0.3) is 11.8 Å².